The minimum Gasteiger partial charge on any atom is -0.326 e. The van der Waals surface area contributed by atoms with Crippen molar-refractivity contribution in [2.75, 3.05) is 5.32 Å². The van der Waals surface area contributed by atoms with E-state index < -0.39 is 11.4 Å². The highest BCUT2D eigenvalue weighted by Gasteiger charge is 2.71. The summed E-state index contributed by atoms with van der Waals surface area (Å²) in [6, 6.07) is 13.1. The van der Waals surface area contributed by atoms with Crippen LogP contribution in [0, 0.1) is 30.1 Å². The van der Waals surface area contributed by atoms with Crippen LogP contribution in [-0.4, -0.2) is 17.6 Å². The van der Waals surface area contributed by atoms with Crippen molar-refractivity contribution >= 4 is 39.2 Å². The zero-order valence-corrected chi connectivity index (χ0v) is 20.8. The van der Waals surface area contributed by atoms with Gasteiger partial charge in [-0.3, -0.25) is 4.79 Å². The van der Waals surface area contributed by atoms with E-state index >= 15 is 0 Å². The van der Waals surface area contributed by atoms with Crippen LogP contribution in [0.25, 0.3) is 0 Å². The zero-order valence-electron chi connectivity index (χ0n) is 19.2. The minimum absolute atomic E-state index is 0.0109. The first-order chi connectivity index (χ1) is 15.0. The highest BCUT2D eigenvalue weighted by atomic mass is 79.9. The molecule has 2 unspecified atom stereocenters. The van der Waals surface area contributed by atoms with E-state index in [1.807, 2.05) is 31.2 Å². The van der Waals surface area contributed by atoms with E-state index in [-0.39, 0.29) is 16.7 Å². The second-order valence-corrected chi connectivity index (χ2v) is 10.7. The van der Waals surface area contributed by atoms with Crippen LogP contribution < -0.4 is 5.32 Å². The summed E-state index contributed by atoms with van der Waals surface area (Å²) < 4.78 is 0.661. The Balaban J connectivity index is 1.60. The SMILES string of the molecule is Cc1ccc(NC(=O)C23CCC(C)(/C(=N\OC(=O)c4ccccc4Br)C2)C3(C)C)cc1C. The maximum atomic E-state index is 13.6. The fraction of sp³-hybridized carbons (Fsp3) is 0.423. The maximum Gasteiger partial charge on any atom is 0.366 e. The number of benzene rings is 2. The number of rotatable bonds is 4. The monoisotopic (exact) mass is 496 g/mol. The van der Waals surface area contributed by atoms with Crippen LogP contribution in [0.5, 0.6) is 0 Å². The average Bonchev–Trinajstić information content (AvgIpc) is 3.05. The molecule has 0 aromatic heterocycles. The average molecular weight is 497 g/mol. The number of amides is 1. The normalized spacial score (nSPS) is 26.9. The minimum atomic E-state index is -0.598. The molecule has 0 heterocycles. The van der Waals surface area contributed by atoms with E-state index in [1.54, 1.807) is 18.2 Å². The molecule has 2 atom stereocenters. The second-order valence-electron chi connectivity index (χ2n) is 9.87. The lowest BCUT2D eigenvalue weighted by molar-refractivity contribution is -0.130. The Bertz CT molecular complexity index is 1140. The van der Waals surface area contributed by atoms with Gasteiger partial charge in [0.25, 0.3) is 0 Å². The Kier molecular flexibility index (Phi) is 5.56. The first kappa shape index (κ1) is 22.7. The Morgan fingerprint density at radius 2 is 1.75 bits per heavy atom. The van der Waals surface area contributed by atoms with Gasteiger partial charge < -0.3 is 10.2 Å². The third-order valence-corrected chi connectivity index (χ3v) is 8.96. The summed E-state index contributed by atoms with van der Waals surface area (Å²) in [6.45, 7) is 10.5. The summed E-state index contributed by atoms with van der Waals surface area (Å²) in [5, 5.41) is 7.47. The van der Waals surface area contributed by atoms with Gasteiger partial charge in [-0.2, -0.15) is 0 Å². The lowest BCUT2D eigenvalue weighted by Crippen LogP contribution is -2.43. The molecule has 2 aromatic rings. The van der Waals surface area contributed by atoms with Gasteiger partial charge in [0.05, 0.1) is 16.7 Å². The second kappa shape index (κ2) is 7.84. The molecule has 6 heteroatoms. The van der Waals surface area contributed by atoms with Gasteiger partial charge >= 0.3 is 5.97 Å². The van der Waals surface area contributed by atoms with Crippen molar-refractivity contribution in [3.63, 3.8) is 0 Å². The van der Waals surface area contributed by atoms with Crippen LogP contribution in [-0.2, 0) is 9.63 Å². The van der Waals surface area contributed by atoms with Gasteiger partial charge in [0, 0.05) is 22.0 Å². The number of nitrogens with one attached hydrogen (secondary N) is 1. The van der Waals surface area contributed by atoms with Crippen LogP contribution >= 0.6 is 15.9 Å². The lowest BCUT2D eigenvalue weighted by atomic mass is 9.64. The molecule has 1 N–H and O–H groups in total. The number of carbonyl (C=O) groups is 2. The van der Waals surface area contributed by atoms with Gasteiger partial charge in [0.2, 0.25) is 5.91 Å². The third kappa shape index (κ3) is 3.31. The van der Waals surface area contributed by atoms with Crippen molar-refractivity contribution in [3.8, 4) is 0 Å². The summed E-state index contributed by atoms with van der Waals surface area (Å²) in [6.07, 6.45) is 2.09. The molecule has 2 aliphatic rings. The van der Waals surface area contributed by atoms with Crippen molar-refractivity contribution < 1.29 is 14.4 Å². The topological polar surface area (TPSA) is 67.8 Å². The summed E-state index contributed by atoms with van der Waals surface area (Å²) in [5.74, 6) is -0.500. The molecule has 2 saturated carbocycles. The number of halogens is 1. The van der Waals surface area contributed by atoms with Gasteiger partial charge in [-0.1, -0.05) is 44.1 Å². The molecule has 2 aliphatic carbocycles. The first-order valence-corrected chi connectivity index (χ1v) is 11.7. The molecule has 2 fully saturated rings. The van der Waals surface area contributed by atoms with E-state index in [0.29, 0.717) is 16.5 Å². The van der Waals surface area contributed by atoms with E-state index in [9.17, 15) is 9.59 Å². The predicted molar refractivity (Wildman–Crippen MR) is 130 cm³/mol. The molecular formula is C26H29BrN2O3. The molecule has 4 rings (SSSR count). The number of oxime groups is 1. The molecule has 1 amide bonds. The lowest BCUT2D eigenvalue weighted by Gasteiger charge is -2.39. The summed E-state index contributed by atoms with van der Waals surface area (Å²) in [4.78, 5) is 31.6. The zero-order chi connectivity index (χ0) is 23.3. The predicted octanol–water partition coefficient (Wildman–Crippen LogP) is 6.43. The number of hydrogen-bond donors (Lipinski definition) is 1. The molecule has 0 aliphatic heterocycles. The Labute approximate surface area is 197 Å². The largest absolute Gasteiger partial charge is 0.366 e. The van der Waals surface area contributed by atoms with Gasteiger partial charge in [-0.05, 0) is 83.4 Å². The Hall–Kier alpha value is -2.47. The molecule has 168 valence electrons. The summed E-state index contributed by atoms with van der Waals surface area (Å²) in [7, 11) is 0. The quantitative estimate of drug-likeness (QED) is 0.391. The number of nitrogens with zero attached hydrogens (tertiary/aromatic N) is 1. The fourth-order valence-corrected chi connectivity index (χ4v) is 5.81. The van der Waals surface area contributed by atoms with Crippen molar-refractivity contribution in [1.29, 1.82) is 0 Å². The van der Waals surface area contributed by atoms with Crippen molar-refractivity contribution in [2.45, 2.75) is 53.9 Å². The maximum absolute atomic E-state index is 13.6. The van der Waals surface area contributed by atoms with Gasteiger partial charge in [-0.25, -0.2) is 4.79 Å². The molecule has 2 aromatic carbocycles. The van der Waals surface area contributed by atoms with Gasteiger partial charge in [0.15, 0.2) is 0 Å². The van der Waals surface area contributed by atoms with Crippen LogP contribution in [0.15, 0.2) is 52.1 Å². The molecule has 0 spiro atoms. The number of fused-ring (bicyclic) bond motifs is 2. The molecule has 5 nitrogen and oxygen atoms in total. The highest BCUT2D eigenvalue weighted by molar-refractivity contribution is 9.10. The first-order valence-electron chi connectivity index (χ1n) is 10.9. The van der Waals surface area contributed by atoms with Crippen LogP contribution in [0.3, 0.4) is 0 Å². The van der Waals surface area contributed by atoms with Crippen LogP contribution in [0.1, 0.15) is 61.5 Å². The standard InChI is InChI=1S/C26H29BrN2O3/c1-16-10-11-18(14-17(16)2)28-23(31)26-13-12-25(5,24(26,3)4)21(15-26)29-32-22(30)19-8-6-7-9-20(19)27/h6-11,14H,12-13,15H2,1-5H3,(H,28,31)/b29-21-. The number of carbonyl (C=O) groups excluding carboxylic acids is 2. The van der Waals surface area contributed by atoms with Crippen LogP contribution in [0.4, 0.5) is 5.69 Å². The van der Waals surface area contributed by atoms with Crippen LogP contribution in [0.2, 0.25) is 0 Å². The van der Waals surface area contributed by atoms with Crippen molar-refractivity contribution in [2.24, 2.45) is 21.4 Å². The van der Waals surface area contributed by atoms with E-state index in [2.05, 4.69) is 54.1 Å². The van der Waals surface area contributed by atoms with Gasteiger partial charge in [0.1, 0.15) is 0 Å². The van der Waals surface area contributed by atoms with E-state index in [1.165, 1.54) is 5.56 Å². The molecule has 32 heavy (non-hydrogen) atoms. The van der Waals surface area contributed by atoms with E-state index in [0.717, 1.165) is 29.8 Å². The van der Waals surface area contributed by atoms with E-state index in [4.69, 9.17) is 4.84 Å². The number of hydrogen-bond acceptors (Lipinski definition) is 4. The number of anilines is 1. The van der Waals surface area contributed by atoms with Crippen molar-refractivity contribution in [3.05, 3.63) is 63.6 Å². The fourth-order valence-electron chi connectivity index (χ4n) is 5.36. The molecular weight excluding hydrogens is 468 g/mol. The third-order valence-electron chi connectivity index (χ3n) is 8.27. The summed E-state index contributed by atoms with van der Waals surface area (Å²) in [5.41, 5.74) is 3.10. The van der Waals surface area contributed by atoms with Crippen molar-refractivity contribution in [1.82, 2.24) is 0 Å². The smallest absolute Gasteiger partial charge is 0.326 e. The Morgan fingerprint density at radius 3 is 2.44 bits per heavy atom. The van der Waals surface area contributed by atoms with Gasteiger partial charge in [-0.15, -0.1) is 0 Å². The molecule has 0 radical (unpaired) electrons. The summed E-state index contributed by atoms with van der Waals surface area (Å²) >= 11 is 3.38. The molecule has 0 saturated heterocycles. The Morgan fingerprint density at radius 1 is 1.03 bits per heavy atom. The highest BCUT2D eigenvalue weighted by Crippen LogP contribution is 2.71. The molecule has 2 bridgehead atoms. The number of aryl methyl sites for hydroxylation is 2.